The average molecular weight is 337 g/mol. The highest BCUT2D eigenvalue weighted by Crippen LogP contribution is 2.32. The first kappa shape index (κ1) is 20.3. The molecule has 1 atom stereocenters. The molecule has 0 unspecified atom stereocenters. The fourth-order valence-electron chi connectivity index (χ4n) is 2.75. The van der Waals surface area contributed by atoms with E-state index in [9.17, 15) is 10.2 Å². The van der Waals surface area contributed by atoms with Crippen molar-refractivity contribution < 1.29 is 10.2 Å². The number of halogens is 2. The predicted molar refractivity (Wildman–Crippen MR) is 90.9 cm³/mol. The van der Waals surface area contributed by atoms with Gasteiger partial charge in [-0.15, -0.1) is 24.8 Å². The van der Waals surface area contributed by atoms with E-state index in [2.05, 4.69) is 24.1 Å². The first-order chi connectivity index (χ1) is 9.06. The molecule has 0 aliphatic carbocycles. The Hall–Kier alpha value is -0.680. The number of hydrogen-bond acceptors (Lipinski definition) is 4. The first-order valence-electron chi connectivity index (χ1n) is 7.04. The quantitative estimate of drug-likeness (QED) is 0.791. The smallest absolute Gasteiger partial charge is 0.119 e. The second-order valence-corrected chi connectivity index (χ2v) is 5.71. The molecule has 0 bridgehead atoms. The summed E-state index contributed by atoms with van der Waals surface area (Å²) in [6.07, 6.45) is 1.03. The minimum atomic E-state index is 0. The van der Waals surface area contributed by atoms with Crippen molar-refractivity contribution in [3.05, 3.63) is 23.8 Å². The molecular formula is C15H26Cl2N2O2. The van der Waals surface area contributed by atoms with Gasteiger partial charge in [-0.2, -0.15) is 0 Å². The fraction of sp³-hybridized carbons (Fsp3) is 0.600. The molecule has 3 N–H and O–H groups in total. The summed E-state index contributed by atoms with van der Waals surface area (Å²) in [5.41, 5.74) is 1.01. The number of nitrogens with zero attached hydrogens (tertiary/aromatic N) is 1. The van der Waals surface area contributed by atoms with Gasteiger partial charge in [-0.25, -0.2) is 0 Å². The largest absolute Gasteiger partial charge is 0.508 e. The summed E-state index contributed by atoms with van der Waals surface area (Å²) in [4.78, 5) is 2.44. The van der Waals surface area contributed by atoms with Crippen LogP contribution in [0.3, 0.4) is 0 Å². The molecule has 6 heteroatoms. The number of phenols is 2. The van der Waals surface area contributed by atoms with Gasteiger partial charge in [-0.05, 0) is 30.0 Å². The van der Waals surface area contributed by atoms with E-state index in [0.717, 1.165) is 38.2 Å². The van der Waals surface area contributed by atoms with Crippen molar-refractivity contribution in [2.24, 2.45) is 5.92 Å². The number of phenolic OH excluding ortho intramolecular Hbond substituents is 2. The van der Waals surface area contributed by atoms with Gasteiger partial charge in [0.05, 0.1) is 0 Å². The van der Waals surface area contributed by atoms with Crippen LogP contribution in [0.4, 0.5) is 0 Å². The Morgan fingerprint density at radius 2 is 1.57 bits per heavy atom. The number of aromatic hydroxyl groups is 2. The van der Waals surface area contributed by atoms with Crippen LogP contribution in [0.25, 0.3) is 0 Å². The molecule has 1 aliphatic heterocycles. The summed E-state index contributed by atoms with van der Waals surface area (Å²) in [6.45, 7) is 8.43. The van der Waals surface area contributed by atoms with E-state index < -0.39 is 0 Å². The van der Waals surface area contributed by atoms with Crippen LogP contribution in [-0.2, 0) is 0 Å². The van der Waals surface area contributed by atoms with Gasteiger partial charge in [0.25, 0.3) is 0 Å². The van der Waals surface area contributed by atoms with E-state index in [1.807, 2.05) is 0 Å². The van der Waals surface area contributed by atoms with Gasteiger partial charge in [0.2, 0.25) is 0 Å². The molecule has 4 nitrogen and oxygen atoms in total. The van der Waals surface area contributed by atoms with Crippen LogP contribution in [0.1, 0.15) is 31.9 Å². The summed E-state index contributed by atoms with van der Waals surface area (Å²) in [5, 5.41) is 22.7. The highest BCUT2D eigenvalue weighted by atomic mass is 35.5. The number of hydrogen-bond donors (Lipinski definition) is 3. The van der Waals surface area contributed by atoms with Crippen LogP contribution in [0.5, 0.6) is 11.5 Å². The molecule has 1 heterocycles. The van der Waals surface area contributed by atoms with E-state index in [0.29, 0.717) is 5.92 Å². The van der Waals surface area contributed by atoms with Crippen LogP contribution >= 0.6 is 24.8 Å². The third-order valence-corrected chi connectivity index (χ3v) is 3.60. The van der Waals surface area contributed by atoms with E-state index >= 15 is 0 Å². The second-order valence-electron chi connectivity index (χ2n) is 5.71. The minimum absolute atomic E-state index is 0. The molecule has 0 aromatic heterocycles. The van der Waals surface area contributed by atoms with Crippen molar-refractivity contribution in [1.29, 1.82) is 0 Å². The average Bonchev–Trinajstić information content (AvgIpc) is 2.35. The van der Waals surface area contributed by atoms with Gasteiger partial charge in [0.15, 0.2) is 0 Å². The summed E-state index contributed by atoms with van der Waals surface area (Å²) in [7, 11) is 0. The Bertz CT molecular complexity index is 404. The van der Waals surface area contributed by atoms with E-state index in [4.69, 9.17) is 0 Å². The van der Waals surface area contributed by atoms with Crippen molar-refractivity contribution >= 4 is 24.8 Å². The van der Waals surface area contributed by atoms with Gasteiger partial charge in [0.1, 0.15) is 11.5 Å². The van der Waals surface area contributed by atoms with Crippen LogP contribution in [0.2, 0.25) is 0 Å². The maximum Gasteiger partial charge on any atom is 0.119 e. The molecule has 1 fully saturated rings. The third kappa shape index (κ3) is 5.91. The van der Waals surface area contributed by atoms with Gasteiger partial charge in [-0.1, -0.05) is 13.8 Å². The maximum atomic E-state index is 9.68. The Balaban J connectivity index is 0.00000200. The van der Waals surface area contributed by atoms with Gasteiger partial charge in [-0.3, -0.25) is 4.90 Å². The molecule has 21 heavy (non-hydrogen) atoms. The monoisotopic (exact) mass is 336 g/mol. The number of benzene rings is 1. The zero-order valence-electron chi connectivity index (χ0n) is 12.6. The summed E-state index contributed by atoms with van der Waals surface area (Å²) in [5.74, 6) is 0.849. The second kappa shape index (κ2) is 9.36. The Labute approximate surface area is 139 Å². The normalized spacial score (nSPS) is 16.9. The summed E-state index contributed by atoms with van der Waals surface area (Å²) < 4.78 is 0. The lowest BCUT2D eigenvalue weighted by Gasteiger charge is -2.36. The van der Waals surface area contributed by atoms with Crippen LogP contribution in [-0.4, -0.2) is 41.3 Å². The van der Waals surface area contributed by atoms with E-state index in [-0.39, 0.29) is 42.4 Å². The number of nitrogens with one attached hydrogen (secondary N) is 1. The molecule has 1 aromatic carbocycles. The Morgan fingerprint density at radius 1 is 1.05 bits per heavy atom. The van der Waals surface area contributed by atoms with Crippen LogP contribution < -0.4 is 5.32 Å². The maximum absolute atomic E-state index is 9.68. The molecular weight excluding hydrogens is 311 g/mol. The zero-order valence-corrected chi connectivity index (χ0v) is 14.2. The molecule has 1 aromatic rings. The Kier molecular flexibility index (Phi) is 9.06. The minimum Gasteiger partial charge on any atom is -0.508 e. The topological polar surface area (TPSA) is 55.7 Å². The lowest BCUT2D eigenvalue weighted by atomic mass is 9.94. The number of rotatable bonds is 4. The Morgan fingerprint density at radius 3 is 2.05 bits per heavy atom. The third-order valence-electron chi connectivity index (χ3n) is 3.60. The highest BCUT2D eigenvalue weighted by molar-refractivity contribution is 5.85. The SMILES string of the molecule is CC(C)C[C@H](c1cc(O)cc(O)c1)N1CCNCC1.Cl.Cl. The number of piperazine rings is 1. The van der Waals surface area contributed by atoms with Gasteiger partial charge >= 0.3 is 0 Å². The van der Waals surface area contributed by atoms with Gasteiger partial charge in [0, 0.05) is 38.3 Å². The first-order valence-corrected chi connectivity index (χ1v) is 7.04. The molecule has 122 valence electrons. The molecule has 0 saturated carbocycles. The standard InChI is InChI=1S/C15H24N2O2.2ClH/c1-11(2)7-15(17-5-3-16-4-6-17)12-8-13(18)10-14(19)9-12;;/h8-11,15-16,18-19H,3-7H2,1-2H3;2*1H/t15-;;/m1../s1. The van der Waals surface area contributed by atoms with Crippen molar-refractivity contribution in [2.75, 3.05) is 26.2 Å². The highest BCUT2D eigenvalue weighted by Gasteiger charge is 2.23. The molecule has 1 aliphatic rings. The zero-order chi connectivity index (χ0) is 13.8. The molecule has 0 radical (unpaired) electrons. The summed E-state index contributed by atoms with van der Waals surface area (Å²) >= 11 is 0. The predicted octanol–water partition coefficient (Wildman–Crippen LogP) is 2.93. The van der Waals surface area contributed by atoms with E-state index in [1.54, 1.807) is 12.1 Å². The summed E-state index contributed by atoms with van der Waals surface area (Å²) in [6, 6.07) is 5.19. The van der Waals surface area contributed by atoms with Crippen molar-refractivity contribution in [3.8, 4) is 11.5 Å². The van der Waals surface area contributed by atoms with Crippen LogP contribution in [0.15, 0.2) is 18.2 Å². The van der Waals surface area contributed by atoms with Crippen molar-refractivity contribution in [1.82, 2.24) is 10.2 Å². The van der Waals surface area contributed by atoms with Crippen LogP contribution in [0, 0.1) is 5.92 Å². The van der Waals surface area contributed by atoms with Gasteiger partial charge < -0.3 is 15.5 Å². The molecule has 0 spiro atoms. The van der Waals surface area contributed by atoms with Crippen molar-refractivity contribution in [2.45, 2.75) is 26.3 Å². The lowest BCUT2D eigenvalue weighted by Crippen LogP contribution is -2.45. The molecule has 1 saturated heterocycles. The van der Waals surface area contributed by atoms with Crippen molar-refractivity contribution in [3.63, 3.8) is 0 Å². The lowest BCUT2D eigenvalue weighted by molar-refractivity contribution is 0.153. The van der Waals surface area contributed by atoms with E-state index in [1.165, 1.54) is 6.07 Å². The molecule has 2 rings (SSSR count). The fourth-order valence-corrected chi connectivity index (χ4v) is 2.75. The molecule has 0 amide bonds.